The van der Waals surface area contributed by atoms with Crippen LogP contribution >= 0.6 is 11.3 Å². The van der Waals surface area contributed by atoms with Gasteiger partial charge in [0.05, 0.1) is 73.5 Å². The highest BCUT2D eigenvalue weighted by Gasteiger charge is 2.41. The van der Waals surface area contributed by atoms with Crippen molar-refractivity contribution in [3.8, 4) is 44.2 Å². The minimum Gasteiger partial charge on any atom is -0.422 e. The molecule has 0 aliphatic carbocycles. The van der Waals surface area contributed by atoms with Crippen LogP contribution < -0.4 is 47.4 Å². The maximum absolute atomic E-state index is 12.8. The molecule has 0 bridgehead atoms. The van der Waals surface area contributed by atoms with Crippen molar-refractivity contribution in [1.82, 2.24) is 73.1 Å². The summed E-state index contributed by atoms with van der Waals surface area (Å²) >= 11 is 1.50. The molecule has 612 valence electrons. The van der Waals surface area contributed by atoms with Gasteiger partial charge in [-0.25, -0.2) is 44.1 Å². The minimum absolute atomic E-state index is 0.321. The quantitative estimate of drug-likeness (QED) is 0.131. The van der Waals surface area contributed by atoms with Crippen LogP contribution in [0, 0.1) is 67.2 Å². The molecule has 0 radical (unpaired) electrons. The largest absolute Gasteiger partial charge is 0.422 e. The summed E-state index contributed by atoms with van der Waals surface area (Å²) in [4.78, 5) is 106. The summed E-state index contributed by atoms with van der Waals surface area (Å²) in [6.45, 7) is 28.0. The van der Waals surface area contributed by atoms with Gasteiger partial charge in [0, 0.05) is 206 Å². The zero-order chi connectivity index (χ0) is 82.8. The van der Waals surface area contributed by atoms with Crippen LogP contribution in [0.15, 0.2) is 177 Å². The number of hydrogen-bond donors (Lipinski definition) is 1. The normalized spacial score (nSPS) is 18.9. The number of imidazole rings is 3. The number of thiophene rings is 1. The Labute approximate surface area is 694 Å². The van der Waals surface area contributed by atoms with Gasteiger partial charge in [-0.05, 0) is 206 Å². The average Bonchev–Trinajstić information content (AvgIpc) is 1.60. The number of hydrogen-bond acceptors (Lipinski definition) is 25. The van der Waals surface area contributed by atoms with Crippen LogP contribution in [0.5, 0.6) is 0 Å². The third-order valence-corrected chi connectivity index (χ3v) is 26.1. The number of piperazine rings is 1. The van der Waals surface area contributed by atoms with Gasteiger partial charge in [0.2, 0.25) is 0 Å². The first kappa shape index (κ1) is 77.6. The molecule has 1 N–H and O–H groups in total. The van der Waals surface area contributed by atoms with Gasteiger partial charge in [0.25, 0.3) is 0 Å². The molecule has 0 saturated carbocycles. The Bertz CT molecular complexity index is 6800. The number of benzene rings is 4. The predicted octanol–water partition coefficient (Wildman–Crippen LogP) is 13.3. The van der Waals surface area contributed by atoms with E-state index in [-0.39, 0.29) is 22.5 Å². The lowest BCUT2D eigenvalue weighted by Gasteiger charge is -2.29. The lowest BCUT2D eigenvalue weighted by Crippen LogP contribution is -2.43. The summed E-state index contributed by atoms with van der Waals surface area (Å²) in [6, 6.07) is 35.8. The zero-order valence-electron chi connectivity index (χ0n) is 69.5. The summed E-state index contributed by atoms with van der Waals surface area (Å²) in [5, 5.41) is 7.94. The molecule has 6 saturated heterocycles. The van der Waals surface area contributed by atoms with Gasteiger partial charge in [0.1, 0.15) is 33.0 Å². The van der Waals surface area contributed by atoms with Crippen LogP contribution in [0.4, 0.5) is 22.7 Å². The number of nitrogens with one attached hydrogen (secondary N) is 1. The fourth-order valence-electron chi connectivity index (χ4n) is 18.7. The molecule has 28 heteroatoms. The van der Waals surface area contributed by atoms with Crippen molar-refractivity contribution >= 4 is 105 Å². The van der Waals surface area contributed by atoms with Gasteiger partial charge in [-0.1, -0.05) is 0 Å². The number of likely N-dealkylation sites (N-methyl/N-ethyl adjacent to an activating group) is 4. The third-order valence-electron chi connectivity index (χ3n) is 25.0. The molecule has 16 aromatic rings. The second-order valence-electron chi connectivity index (χ2n) is 33.4. The van der Waals surface area contributed by atoms with E-state index in [1.165, 1.54) is 37.3 Å². The van der Waals surface area contributed by atoms with Gasteiger partial charge in [-0.3, -0.25) is 15.0 Å². The molecule has 0 spiro atoms. The van der Waals surface area contributed by atoms with Gasteiger partial charge in [0.15, 0.2) is 16.9 Å². The number of rotatable bonds is 9. The van der Waals surface area contributed by atoms with Crippen LogP contribution in [-0.2, 0) is 0 Å². The number of anilines is 4. The molecule has 5 atom stereocenters. The molecule has 6 aliphatic heterocycles. The Morgan fingerprint density at radius 1 is 0.408 bits per heavy atom. The summed E-state index contributed by atoms with van der Waals surface area (Å²) in [5.41, 5.74) is 17.6. The lowest BCUT2D eigenvalue weighted by molar-refractivity contribution is 0.310. The first-order chi connectivity index (χ1) is 57.9. The number of nitrogens with zero attached hydrogens (tertiary/aromatic N) is 18. The second-order valence-corrected chi connectivity index (χ2v) is 34.4. The van der Waals surface area contributed by atoms with Crippen molar-refractivity contribution in [3.05, 3.63) is 228 Å². The molecule has 6 aliphatic rings. The fraction of sp³-hybridized carbons (Fsp3) is 0.348. The van der Waals surface area contributed by atoms with E-state index >= 15 is 0 Å². The number of aromatic nitrogens is 11. The summed E-state index contributed by atoms with van der Waals surface area (Å²) in [5.74, 6) is 2.20. The van der Waals surface area contributed by atoms with Gasteiger partial charge < -0.3 is 70.5 Å². The third kappa shape index (κ3) is 14.9. The Kier molecular flexibility index (Phi) is 20.1. The molecular weight excluding hydrogens is 1530 g/mol. The molecule has 12 aromatic heterocycles. The molecule has 27 nitrogen and oxygen atoms in total. The van der Waals surface area contributed by atoms with Crippen LogP contribution in [0.25, 0.3) is 115 Å². The molecule has 4 aromatic carbocycles. The molecule has 0 unspecified atom stereocenters. The molecule has 120 heavy (non-hydrogen) atoms. The summed E-state index contributed by atoms with van der Waals surface area (Å²) in [6.07, 6.45) is 15.0. The van der Waals surface area contributed by atoms with Crippen molar-refractivity contribution in [3.63, 3.8) is 0 Å². The van der Waals surface area contributed by atoms with E-state index in [4.69, 9.17) is 17.7 Å². The van der Waals surface area contributed by atoms with E-state index in [1.54, 1.807) is 0 Å². The van der Waals surface area contributed by atoms with E-state index in [1.807, 2.05) is 185 Å². The Morgan fingerprint density at radius 2 is 0.825 bits per heavy atom. The van der Waals surface area contributed by atoms with Crippen LogP contribution in [0.2, 0.25) is 0 Å². The summed E-state index contributed by atoms with van der Waals surface area (Å²) in [7, 11) is 8.68. The predicted molar refractivity (Wildman–Crippen MR) is 473 cm³/mol. The van der Waals surface area contributed by atoms with Crippen LogP contribution in [0.1, 0.15) is 64.9 Å². The highest BCUT2D eigenvalue weighted by molar-refractivity contribution is 7.21. The molecule has 6 fully saturated rings. The summed E-state index contributed by atoms with van der Waals surface area (Å²) < 4.78 is 28.7. The SMILES string of the molecule is Cc1cn2cc(-c3cc4ccc(N(C)[C@@H]5CCN(C)C5)cc4oc3=O)nc2c(C)n1.Cc1cn2cc(-c3cc4ccc(N5C[C@@H]6CCN(C)[C@@H]6C5)cc4oc3=O)nc2c(C)n1.Cc1cn2cc(-c3cc4ccc(N5C[C@H]6CCN(C)[C@H]6C5)cc4oc3=O)nc2c(C)n1.Cc1nc(C)c2cc(-c3cc4ccc(N5CCNCC5)cc4oc3=O)sc2n1. The molecule has 0 amide bonds. The van der Waals surface area contributed by atoms with E-state index < -0.39 is 0 Å². The molecular formula is C92H95N19O8S. The standard InChI is InChI=1S/2C24H25N5O2.C23H25N5O2.C21H20N4O2S/c2*1-14-10-29-12-20(26-23(29)15(2)25-14)19-8-16-4-5-18(9-22(16)31-24(19)30)28-11-17-6-7-27(3)21(17)13-28;1-14-11-28-13-20(25-22(28)15(2)24-14)19-9-16-5-6-17(10-21(16)30-23(19)29)27(4)18-7-8-26(3)12-18;1-12-16-11-19(28-20(16)24-13(2)23-12)17-9-14-3-4-15(10-18(14)27-21(17)26)25-7-5-22-6-8-25/h2*4-5,8-10,12,17,21H,6-7,11,13H2,1-3H3;5-6,9-11,13,18H,7-8,12H2,1-4H3;3-4,9-11,22H,5-8H2,1-2H3/t2*17-,21+;18-;/m101./s1. The van der Waals surface area contributed by atoms with Crippen molar-refractivity contribution in [2.24, 2.45) is 11.8 Å². The topological polar surface area (TPSA) is 272 Å². The minimum atomic E-state index is -0.381. The fourth-order valence-corrected chi connectivity index (χ4v) is 19.8. The van der Waals surface area contributed by atoms with E-state index in [0.29, 0.717) is 79.8 Å². The first-order valence-electron chi connectivity index (χ1n) is 41.2. The average molecular weight is 1630 g/mol. The maximum atomic E-state index is 12.8. The van der Waals surface area contributed by atoms with Crippen molar-refractivity contribution in [1.29, 1.82) is 0 Å². The highest BCUT2D eigenvalue weighted by Crippen LogP contribution is 2.39. The number of fused-ring (bicyclic) bond motifs is 10. The Hall–Kier alpha value is -12.3. The van der Waals surface area contributed by atoms with Gasteiger partial charge >= 0.3 is 22.5 Å². The Balaban J connectivity index is 0.000000106. The van der Waals surface area contributed by atoms with Crippen molar-refractivity contribution in [2.75, 3.05) is 126 Å². The highest BCUT2D eigenvalue weighted by atomic mass is 32.1. The van der Waals surface area contributed by atoms with Gasteiger partial charge in [-0.2, -0.15) is 0 Å². The number of aryl methyl sites for hydroxylation is 8. The second kappa shape index (κ2) is 31.1. The van der Waals surface area contributed by atoms with Crippen LogP contribution in [-0.4, -0.2) is 193 Å². The zero-order valence-corrected chi connectivity index (χ0v) is 70.3. The van der Waals surface area contributed by atoms with Crippen molar-refractivity contribution < 1.29 is 17.7 Å². The van der Waals surface area contributed by atoms with E-state index in [2.05, 4.69) is 132 Å². The maximum Gasteiger partial charge on any atom is 0.345 e. The Morgan fingerprint density at radius 3 is 1.26 bits per heavy atom. The smallest absolute Gasteiger partial charge is 0.345 e. The first-order valence-corrected chi connectivity index (χ1v) is 42.1. The molecule has 22 rings (SSSR count). The van der Waals surface area contributed by atoms with Crippen LogP contribution in [0.3, 0.4) is 0 Å². The van der Waals surface area contributed by atoms with Gasteiger partial charge in [-0.15, -0.1) is 11.3 Å². The number of likely N-dealkylation sites (tertiary alicyclic amines) is 3. The monoisotopic (exact) mass is 1630 g/mol. The van der Waals surface area contributed by atoms with Crippen molar-refractivity contribution in [2.45, 2.75) is 92.8 Å². The molecule has 18 heterocycles. The lowest BCUT2D eigenvalue weighted by atomic mass is 10.1. The van der Waals surface area contributed by atoms with E-state index in [0.717, 1.165) is 206 Å². The van der Waals surface area contributed by atoms with E-state index in [9.17, 15) is 19.2 Å².